The quantitative estimate of drug-likeness (QED) is 0.784. The molecule has 9 heteroatoms. The Hall–Kier alpha value is -2.19. The lowest BCUT2D eigenvalue weighted by Gasteiger charge is -2.30. The van der Waals surface area contributed by atoms with Gasteiger partial charge in [0.1, 0.15) is 0 Å². The number of benzene rings is 1. The number of aromatic nitrogens is 2. The van der Waals surface area contributed by atoms with Gasteiger partial charge in [0.15, 0.2) is 0 Å². The predicted molar refractivity (Wildman–Crippen MR) is 101 cm³/mol. The Bertz CT molecular complexity index is 798. The van der Waals surface area contributed by atoms with Crippen LogP contribution in [-0.4, -0.2) is 41.8 Å². The van der Waals surface area contributed by atoms with E-state index in [1.807, 2.05) is 4.90 Å². The van der Waals surface area contributed by atoms with E-state index in [1.165, 1.54) is 11.3 Å². The van der Waals surface area contributed by atoms with Gasteiger partial charge >= 0.3 is 5.97 Å². The summed E-state index contributed by atoms with van der Waals surface area (Å²) in [5.74, 6) is -0.663. The molecule has 1 atom stereocenters. The molecule has 1 aromatic carbocycles. The summed E-state index contributed by atoms with van der Waals surface area (Å²) in [6.07, 6.45) is 1.69. The fourth-order valence-electron chi connectivity index (χ4n) is 2.81. The number of nitrogens with zero attached hydrogens (tertiary/aromatic N) is 3. The summed E-state index contributed by atoms with van der Waals surface area (Å²) < 4.78 is 5.12. The molecule has 2 aromatic rings. The number of carbonyl (C=O) groups excluding carboxylic acids is 2. The molecule has 2 heterocycles. The third-order valence-corrected chi connectivity index (χ3v) is 5.29. The number of halogens is 1. The standard InChI is InChI=1S/C17H19ClN4O3S/c1-2-25-15(24)11-6-5-9-22(10-11)17-21-20-16(26-17)19-14(23)12-7-3-4-8-13(12)18/h3-4,7-8,11H,2,5-6,9-10H2,1H3,(H,19,20,23). The van der Waals surface area contributed by atoms with Crippen LogP contribution in [0.15, 0.2) is 24.3 Å². The molecule has 1 aromatic heterocycles. The average Bonchev–Trinajstić information content (AvgIpc) is 3.11. The van der Waals surface area contributed by atoms with Crippen LogP contribution in [-0.2, 0) is 9.53 Å². The van der Waals surface area contributed by atoms with Gasteiger partial charge in [-0.15, -0.1) is 10.2 Å². The van der Waals surface area contributed by atoms with Crippen molar-refractivity contribution in [1.29, 1.82) is 0 Å². The Morgan fingerprint density at radius 2 is 2.19 bits per heavy atom. The number of anilines is 2. The van der Waals surface area contributed by atoms with E-state index in [1.54, 1.807) is 31.2 Å². The van der Waals surface area contributed by atoms with Crippen molar-refractivity contribution in [3.8, 4) is 0 Å². The fourth-order valence-corrected chi connectivity index (χ4v) is 3.80. The van der Waals surface area contributed by atoms with Crippen molar-refractivity contribution < 1.29 is 14.3 Å². The molecule has 0 saturated carbocycles. The number of amides is 1. The lowest BCUT2D eigenvalue weighted by atomic mass is 9.99. The minimum atomic E-state index is -0.332. The average molecular weight is 395 g/mol. The summed E-state index contributed by atoms with van der Waals surface area (Å²) >= 11 is 7.31. The molecule has 1 aliphatic heterocycles. The highest BCUT2D eigenvalue weighted by Crippen LogP contribution is 2.29. The summed E-state index contributed by atoms with van der Waals surface area (Å²) in [6.45, 7) is 3.53. The first-order chi connectivity index (χ1) is 12.6. The summed E-state index contributed by atoms with van der Waals surface area (Å²) in [7, 11) is 0. The third kappa shape index (κ3) is 4.31. The zero-order valence-electron chi connectivity index (χ0n) is 14.3. The maximum absolute atomic E-state index is 12.3. The number of esters is 1. The van der Waals surface area contributed by atoms with Crippen molar-refractivity contribution in [3.05, 3.63) is 34.9 Å². The van der Waals surface area contributed by atoms with Gasteiger partial charge in [-0.1, -0.05) is 35.1 Å². The Morgan fingerprint density at radius 3 is 2.96 bits per heavy atom. The number of nitrogens with one attached hydrogen (secondary N) is 1. The van der Waals surface area contributed by atoms with Crippen LogP contribution in [0.1, 0.15) is 30.1 Å². The van der Waals surface area contributed by atoms with Gasteiger partial charge in [0.2, 0.25) is 10.3 Å². The van der Waals surface area contributed by atoms with E-state index in [0.717, 1.165) is 19.4 Å². The SMILES string of the molecule is CCOC(=O)C1CCCN(c2nnc(NC(=O)c3ccccc3Cl)s2)C1. The summed E-state index contributed by atoms with van der Waals surface area (Å²) in [5.41, 5.74) is 0.381. The highest BCUT2D eigenvalue weighted by atomic mass is 35.5. The van der Waals surface area contributed by atoms with Gasteiger partial charge in [0.05, 0.1) is 23.1 Å². The normalized spacial score (nSPS) is 17.0. The van der Waals surface area contributed by atoms with Crippen LogP contribution >= 0.6 is 22.9 Å². The van der Waals surface area contributed by atoms with Crippen LogP contribution in [0.25, 0.3) is 0 Å². The number of carbonyl (C=O) groups is 2. The zero-order valence-corrected chi connectivity index (χ0v) is 15.8. The van der Waals surface area contributed by atoms with E-state index in [2.05, 4.69) is 15.5 Å². The van der Waals surface area contributed by atoms with Crippen molar-refractivity contribution in [2.45, 2.75) is 19.8 Å². The Morgan fingerprint density at radius 1 is 1.38 bits per heavy atom. The van der Waals surface area contributed by atoms with Crippen LogP contribution in [0.3, 0.4) is 0 Å². The maximum atomic E-state index is 12.3. The molecule has 1 saturated heterocycles. The largest absolute Gasteiger partial charge is 0.466 e. The Labute approximate surface area is 160 Å². The monoisotopic (exact) mass is 394 g/mol. The summed E-state index contributed by atoms with van der Waals surface area (Å²) in [5, 5.41) is 12.3. The molecule has 7 nitrogen and oxygen atoms in total. The zero-order chi connectivity index (χ0) is 18.5. The van der Waals surface area contributed by atoms with Crippen LogP contribution < -0.4 is 10.2 Å². The second-order valence-corrected chi connectivity index (χ2v) is 7.22. The smallest absolute Gasteiger partial charge is 0.310 e. The predicted octanol–water partition coefficient (Wildman–Crippen LogP) is 3.22. The molecule has 1 unspecified atom stereocenters. The minimum Gasteiger partial charge on any atom is -0.466 e. The van der Waals surface area contributed by atoms with E-state index in [-0.39, 0.29) is 17.8 Å². The molecule has 1 aliphatic rings. The van der Waals surface area contributed by atoms with Gasteiger partial charge < -0.3 is 9.64 Å². The van der Waals surface area contributed by atoms with Gasteiger partial charge in [0, 0.05) is 13.1 Å². The number of piperidine rings is 1. The molecule has 1 N–H and O–H groups in total. The first kappa shape index (κ1) is 18.6. The van der Waals surface area contributed by atoms with Crippen molar-refractivity contribution in [1.82, 2.24) is 10.2 Å². The highest BCUT2D eigenvalue weighted by Gasteiger charge is 2.28. The number of rotatable bonds is 5. The lowest BCUT2D eigenvalue weighted by molar-refractivity contribution is -0.148. The van der Waals surface area contributed by atoms with Gasteiger partial charge in [-0.25, -0.2) is 0 Å². The van der Waals surface area contributed by atoms with Gasteiger partial charge in [-0.3, -0.25) is 14.9 Å². The second kappa shape index (κ2) is 8.46. The van der Waals surface area contributed by atoms with Crippen molar-refractivity contribution in [2.75, 3.05) is 29.9 Å². The van der Waals surface area contributed by atoms with Crippen molar-refractivity contribution in [3.63, 3.8) is 0 Å². The second-order valence-electron chi connectivity index (χ2n) is 5.86. The molecule has 1 fully saturated rings. The number of ether oxygens (including phenoxy) is 1. The van der Waals surface area contributed by atoms with E-state index in [0.29, 0.717) is 34.0 Å². The number of hydrogen-bond acceptors (Lipinski definition) is 7. The molecule has 0 bridgehead atoms. The van der Waals surface area contributed by atoms with Crippen molar-refractivity contribution >= 4 is 45.1 Å². The lowest BCUT2D eigenvalue weighted by Crippen LogP contribution is -2.39. The molecule has 0 spiro atoms. The van der Waals surface area contributed by atoms with Gasteiger partial charge in [0.25, 0.3) is 5.91 Å². The first-order valence-corrected chi connectivity index (χ1v) is 9.59. The molecular formula is C17H19ClN4O3S. The molecular weight excluding hydrogens is 376 g/mol. The molecule has 3 rings (SSSR count). The van der Waals surface area contributed by atoms with E-state index in [9.17, 15) is 9.59 Å². The third-order valence-electron chi connectivity index (χ3n) is 4.07. The number of hydrogen-bond donors (Lipinski definition) is 1. The van der Waals surface area contributed by atoms with E-state index < -0.39 is 0 Å². The van der Waals surface area contributed by atoms with Crippen LogP contribution in [0, 0.1) is 5.92 Å². The maximum Gasteiger partial charge on any atom is 0.310 e. The minimum absolute atomic E-state index is 0.159. The molecule has 138 valence electrons. The molecule has 0 aliphatic carbocycles. The highest BCUT2D eigenvalue weighted by molar-refractivity contribution is 7.19. The van der Waals surface area contributed by atoms with Crippen LogP contribution in [0.5, 0.6) is 0 Å². The van der Waals surface area contributed by atoms with E-state index in [4.69, 9.17) is 16.3 Å². The summed E-state index contributed by atoms with van der Waals surface area (Å²) in [6, 6.07) is 6.81. The van der Waals surface area contributed by atoms with Crippen LogP contribution in [0.2, 0.25) is 5.02 Å². The Balaban J connectivity index is 1.65. The van der Waals surface area contributed by atoms with Crippen LogP contribution in [0.4, 0.5) is 10.3 Å². The van der Waals surface area contributed by atoms with E-state index >= 15 is 0 Å². The molecule has 1 amide bonds. The fraction of sp³-hybridized carbons (Fsp3) is 0.412. The topological polar surface area (TPSA) is 84.4 Å². The van der Waals surface area contributed by atoms with Gasteiger partial charge in [-0.05, 0) is 31.9 Å². The molecule has 0 radical (unpaired) electrons. The van der Waals surface area contributed by atoms with Gasteiger partial charge in [-0.2, -0.15) is 0 Å². The first-order valence-electron chi connectivity index (χ1n) is 8.39. The summed E-state index contributed by atoms with van der Waals surface area (Å²) in [4.78, 5) is 26.3. The molecule has 26 heavy (non-hydrogen) atoms. The van der Waals surface area contributed by atoms with Crippen molar-refractivity contribution in [2.24, 2.45) is 5.92 Å². The Kier molecular flexibility index (Phi) is 6.05.